The molecule has 2 rings (SSSR count). The standard InChI is InChI=1S/C10H11NO2/c11-7-10(4-2-5-10)9(12)8-3-1-6-13-8/h1,3,6,9,12H,2,4-5H2. The van der Waals surface area contributed by atoms with E-state index in [1.807, 2.05) is 0 Å². The summed E-state index contributed by atoms with van der Waals surface area (Å²) in [5.74, 6) is 0.501. The van der Waals surface area contributed by atoms with Gasteiger partial charge >= 0.3 is 0 Å². The number of nitrogens with zero attached hydrogens (tertiary/aromatic N) is 1. The zero-order valence-corrected chi connectivity index (χ0v) is 7.23. The molecule has 0 aromatic carbocycles. The van der Waals surface area contributed by atoms with Gasteiger partial charge in [0.2, 0.25) is 0 Å². The molecule has 1 atom stereocenters. The van der Waals surface area contributed by atoms with Gasteiger partial charge in [-0.05, 0) is 25.0 Å². The lowest BCUT2D eigenvalue weighted by atomic mass is 9.65. The molecule has 0 radical (unpaired) electrons. The first-order valence-corrected chi connectivity index (χ1v) is 4.41. The summed E-state index contributed by atoms with van der Waals surface area (Å²) in [6, 6.07) is 5.63. The third kappa shape index (κ3) is 1.14. The second kappa shape index (κ2) is 2.90. The molecule has 13 heavy (non-hydrogen) atoms. The molecule has 0 spiro atoms. The molecule has 1 aromatic heterocycles. The lowest BCUT2D eigenvalue weighted by Crippen LogP contribution is -2.34. The van der Waals surface area contributed by atoms with Gasteiger partial charge in [0.1, 0.15) is 11.9 Å². The van der Waals surface area contributed by atoms with Crippen molar-refractivity contribution in [2.24, 2.45) is 5.41 Å². The van der Waals surface area contributed by atoms with Crippen molar-refractivity contribution in [3.05, 3.63) is 24.2 Å². The van der Waals surface area contributed by atoms with Crippen LogP contribution in [0.25, 0.3) is 0 Å². The Kier molecular flexibility index (Phi) is 1.86. The fraction of sp³-hybridized carbons (Fsp3) is 0.500. The maximum atomic E-state index is 9.86. The zero-order valence-electron chi connectivity index (χ0n) is 7.23. The maximum Gasteiger partial charge on any atom is 0.133 e. The molecule has 1 aromatic rings. The summed E-state index contributed by atoms with van der Waals surface area (Å²) in [6.07, 6.45) is 3.31. The quantitative estimate of drug-likeness (QED) is 0.751. The van der Waals surface area contributed by atoms with Gasteiger partial charge in [0.25, 0.3) is 0 Å². The number of hydrogen-bond donors (Lipinski definition) is 1. The van der Waals surface area contributed by atoms with Gasteiger partial charge in [-0.15, -0.1) is 0 Å². The number of rotatable bonds is 2. The number of aliphatic hydroxyl groups excluding tert-OH is 1. The number of furan rings is 1. The van der Waals surface area contributed by atoms with Crippen molar-refractivity contribution in [2.75, 3.05) is 0 Å². The predicted octanol–water partition coefficient (Wildman–Crippen LogP) is 2.01. The van der Waals surface area contributed by atoms with Crippen LogP contribution in [0, 0.1) is 16.7 Å². The lowest BCUT2D eigenvalue weighted by molar-refractivity contribution is -0.00631. The molecule has 68 valence electrons. The average Bonchev–Trinajstić information content (AvgIpc) is 2.54. The van der Waals surface area contributed by atoms with Crippen molar-refractivity contribution in [1.29, 1.82) is 5.26 Å². The van der Waals surface area contributed by atoms with Crippen LogP contribution in [0.1, 0.15) is 31.1 Å². The Hall–Kier alpha value is -1.27. The highest BCUT2D eigenvalue weighted by molar-refractivity contribution is 5.16. The largest absolute Gasteiger partial charge is 0.467 e. The summed E-state index contributed by atoms with van der Waals surface area (Å²) in [4.78, 5) is 0. The van der Waals surface area contributed by atoms with E-state index in [1.165, 1.54) is 6.26 Å². The first-order valence-electron chi connectivity index (χ1n) is 4.41. The Labute approximate surface area is 76.6 Å². The van der Waals surface area contributed by atoms with Crippen molar-refractivity contribution in [3.8, 4) is 6.07 Å². The molecule has 1 heterocycles. The minimum absolute atomic E-state index is 0.501. The summed E-state index contributed by atoms with van der Waals surface area (Å²) in [7, 11) is 0. The van der Waals surface area contributed by atoms with Crippen LogP contribution >= 0.6 is 0 Å². The van der Waals surface area contributed by atoms with E-state index in [4.69, 9.17) is 9.68 Å². The molecule has 1 unspecified atom stereocenters. The van der Waals surface area contributed by atoms with E-state index in [1.54, 1.807) is 12.1 Å². The van der Waals surface area contributed by atoms with Gasteiger partial charge in [-0.2, -0.15) is 5.26 Å². The van der Waals surface area contributed by atoms with Crippen molar-refractivity contribution < 1.29 is 9.52 Å². The van der Waals surface area contributed by atoms with Crippen molar-refractivity contribution in [1.82, 2.24) is 0 Å². The van der Waals surface area contributed by atoms with Crippen molar-refractivity contribution in [2.45, 2.75) is 25.4 Å². The van der Waals surface area contributed by atoms with E-state index >= 15 is 0 Å². The molecule has 0 saturated heterocycles. The molecule has 0 amide bonds. The molecule has 3 heteroatoms. The van der Waals surface area contributed by atoms with Crippen LogP contribution < -0.4 is 0 Å². The Morgan fingerprint density at radius 1 is 1.62 bits per heavy atom. The van der Waals surface area contributed by atoms with Gasteiger partial charge in [0.15, 0.2) is 0 Å². The topological polar surface area (TPSA) is 57.2 Å². The lowest BCUT2D eigenvalue weighted by Gasteiger charge is -2.38. The smallest absolute Gasteiger partial charge is 0.133 e. The van der Waals surface area contributed by atoms with Gasteiger partial charge in [-0.25, -0.2) is 0 Å². The van der Waals surface area contributed by atoms with E-state index in [0.717, 1.165) is 19.3 Å². The Morgan fingerprint density at radius 3 is 2.77 bits per heavy atom. The minimum Gasteiger partial charge on any atom is -0.467 e. The highest BCUT2D eigenvalue weighted by atomic mass is 16.4. The normalized spacial score (nSPS) is 21.5. The molecule has 1 saturated carbocycles. The van der Waals surface area contributed by atoms with Gasteiger partial charge in [0.05, 0.1) is 17.7 Å². The summed E-state index contributed by atoms with van der Waals surface area (Å²) in [5.41, 5.74) is -0.585. The first kappa shape index (κ1) is 8.33. The number of nitriles is 1. The van der Waals surface area contributed by atoms with Crippen LogP contribution in [0.15, 0.2) is 22.8 Å². The molecular weight excluding hydrogens is 166 g/mol. The van der Waals surface area contributed by atoms with Gasteiger partial charge in [-0.1, -0.05) is 6.42 Å². The summed E-state index contributed by atoms with van der Waals surface area (Å²) >= 11 is 0. The van der Waals surface area contributed by atoms with Crippen molar-refractivity contribution in [3.63, 3.8) is 0 Å². The molecular formula is C10H11NO2. The van der Waals surface area contributed by atoms with E-state index in [9.17, 15) is 5.11 Å². The van der Waals surface area contributed by atoms with Crippen molar-refractivity contribution >= 4 is 0 Å². The van der Waals surface area contributed by atoms with E-state index < -0.39 is 11.5 Å². The van der Waals surface area contributed by atoms with Crippen LogP contribution in [0.4, 0.5) is 0 Å². The van der Waals surface area contributed by atoms with Crippen LogP contribution in [0.3, 0.4) is 0 Å². The Bertz CT molecular complexity index is 319. The fourth-order valence-corrected chi connectivity index (χ4v) is 1.72. The SMILES string of the molecule is N#CC1(C(O)c2ccco2)CCC1. The van der Waals surface area contributed by atoms with Gasteiger partial charge in [0, 0.05) is 0 Å². The second-order valence-corrected chi connectivity index (χ2v) is 3.54. The number of hydrogen-bond acceptors (Lipinski definition) is 3. The fourth-order valence-electron chi connectivity index (χ4n) is 1.72. The molecule has 1 N–H and O–H groups in total. The maximum absolute atomic E-state index is 9.86. The Balaban J connectivity index is 2.22. The first-order chi connectivity index (χ1) is 6.28. The molecule has 3 nitrogen and oxygen atoms in total. The third-order valence-corrected chi connectivity index (χ3v) is 2.80. The molecule has 0 bridgehead atoms. The van der Waals surface area contributed by atoms with Gasteiger partial charge < -0.3 is 9.52 Å². The highest BCUT2D eigenvalue weighted by Crippen LogP contribution is 2.49. The molecule has 1 aliphatic rings. The average molecular weight is 177 g/mol. The zero-order chi connectivity index (χ0) is 9.31. The predicted molar refractivity (Wildman–Crippen MR) is 45.6 cm³/mol. The summed E-state index contributed by atoms with van der Waals surface area (Å²) in [6.45, 7) is 0. The van der Waals surface area contributed by atoms with Crippen LogP contribution in [0.5, 0.6) is 0 Å². The Morgan fingerprint density at radius 2 is 2.38 bits per heavy atom. The van der Waals surface area contributed by atoms with E-state index in [-0.39, 0.29) is 0 Å². The monoisotopic (exact) mass is 177 g/mol. The second-order valence-electron chi connectivity index (χ2n) is 3.54. The van der Waals surface area contributed by atoms with Crippen LogP contribution in [-0.2, 0) is 0 Å². The molecule has 0 aliphatic heterocycles. The minimum atomic E-state index is -0.763. The van der Waals surface area contributed by atoms with Gasteiger partial charge in [-0.3, -0.25) is 0 Å². The number of aliphatic hydroxyl groups is 1. The van der Waals surface area contributed by atoms with E-state index in [0.29, 0.717) is 5.76 Å². The van der Waals surface area contributed by atoms with Crippen LogP contribution in [0.2, 0.25) is 0 Å². The summed E-state index contributed by atoms with van der Waals surface area (Å²) < 4.78 is 5.08. The van der Waals surface area contributed by atoms with E-state index in [2.05, 4.69) is 6.07 Å². The summed E-state index contributed by atoms with van der Waals surface area (Å²) in [5, 5.41) is 18.8. The van der Waals surface area contributed by atoms with Crippen LogP contribution in [-0.4, -0.2) is 5.11 Å². The highest BCUT2D eigenvalue weighted by Gasteiger charge is 2.45. The third-order valence-electron chi connectivity index (χ3n) is 2.80. The molecule has 1 aliphatic carbocycles. The molecule has 1 fully saturated rings.